The van der Waals surface area contributed by atoms with Crippen molar-refractivity contribution in [2.75, 3.05) is 26.3 Å². The lowest BCUT2D eigenvalue weighted by molar-refractivity contribution is -0.119. The number of likely N-dealkylation sites (tertiary alicyclic amines) is 1. The van der Waals surface area contributed by atoms with Gasteiger partial charge in [-0.15, -0.1) is 24.8 Å². The summed E-state index contributed by atoms with van der Waals surface area (Å²) in [5.41, 5.74) is 7.67. The molecular formula is C23H32BrCl2N3O3. The lowest BCUT2D eigenvalue weighted by Crippen LogP contribution is -2.41. The minimum absolute atomic E-state index is 0. The lowest BCUT2D eigenvalue weighted by Gasteiger charge is -2.32. The van der Waals surface area contributed by atoms with Crippen LogP contribution in [0.15, 0.2) is 46.9 Å². The molecule has 0 saturated carbocycles. The molecule has 0 radical (unpaired) electrons. The van der Waals surface area contributed by atoms with Crippen molar-refractivity contribution in [1.82, 2.24) is 10.2 Å². The van der Waals surface area contributed by atoms with Crippen LogP contribution in [0.3, 0.4) is 0 Å². The number of nitrogens with two attached hydrogens (primary N) is 1. The number of benzene rings is 2. The molecule has 3 rings (SSSR count). The van der Waals surface area contributed by atoms with Crippen LogP contribution in [0, 0.1) is 0 Å². The van der Waals surface area contributed by atoms with Gasteiger partial charge in [0.2, 0.25) is 0 Å². The summed E-state index contributed by atoms with van der Waals surface area (Å²) in [6, 6.07) is 15.1. The first-order valence-corrected chi connectivity index (χ1v) is 11.2. The minimum atomic E-state index is -0.520. The zero-order valence-electron chi connectivity index (χ0n) is 18.2. The van der Waals surface area contributed by atoms with E-state index in [-0.39, 0.29) is 31.4 Å². The molecule has 2 aromatic carbocycles. The molecule has 1 saturated heterocycles. The lowest BCUT2D eigenvalue weighted by atomic mass is 10.0. The Balaban J connectivity index is 0.00000256. The highest BCUT2D eigenvalue weighted by atomic mass is 79.9. The topological polar surface area (TPSA) is 76.8 Å². The van der Waals surface area contributed by atoms with Gasteiger partial charge in [-0.25, -0.2) is 0 Å². The molecular weight excluding hydrogens is 517 g/mol. The molecule has 32 heavy (non-hydrogen) atoms. The van der Waals surface area contributed by atoms with E-state index in [1.54, 1.807) is 0 Å². The van der Waals surface area contributed by atoms with Gasteiger partial charge in [-0.1, -0.05) is 30.3 Å². The van der Waals surface area contributed by atoms with Crippen LogP contribution in [0.4, 0.5) is 0 Å². The van der Waals surface area contributed by atoms with Crippen LogP contribution in [0.1, 0.15) is 30.9 Å². The molecule has 6 nitrogen and oxygen atoms in total. The average molecular weight is 549 g/mol. The number of hydrogen-bond donors (Lipinski definition) is 2. The number of nitrogens with zero attached hydrogens (tertiary/aromatic N) is 1. The number of halogens is 3. The Kier molecular flexibility index (Phi) is 13.0. The summed E-state index contributed by atoms with van der Waals surface area (Å²) in [6.07, 6.45) is 2.26. The van der Waals surface area contributed by atoms with Crippen molar-refractivity contribution >= 4 is 46.7 Å². The maximum atomic E-state index is 11.1. The van der Waals surface area contributed by atoms with E-state index >= 15 is 0 Å². The molecule has 1 amide bonds. The average Bonchev–Trinajstić information content (AvgIpc) is 2.73. The van der Waals surface area contributed by atoms with E-state index in [1.165, 1.54) is 5.56 Å². The van der Waals surface area contributed by atoms with E-state index in [4.69, 9.17) is 15.2 Å². The van der Waals surface area contributed by atoms with Gasteiger partial charge in [0.15, 0.2) is 18.1 Å². The zero-order valence-corrected chi connectivity index (χ0v) is 21.4. The highest BCUT2D eigenvalue weighted by Crippen LogP contribution is 2.37. The second kappa shape index (κ2) is 14.6. The fraction of sp³-hybridized carbons (Fsp3) is 0.435. The molecule has 0 spiro atoms. The molecule has 1 fully saturated rings. The molecule has 9 heteroatoms. The molecule has 0 atom stereocenters. The van der Waals surface area contributed by atoms with E-state index < -0.39 is 5.91 Å². The number of carbonyl (C=O) groups excluding carboxylic acids is 1. The number of piperidine rings is 1. The smallest absolute Gasteiger partial charge is 0.255 e. The van der Waals surface area contributed by atoms with Gasteiger partial charge >= 0.3 is 0 Å². The Morgan fingerprint density at radius 3 is 2.44 bits per heavy atom. The monoisotopic (exact) mass is 547 g/mol. The molecule has 1 aliphatic rings. The van der Waals surface area contributed by atoms with Gasteiger partial charge in [0, 0.05) is 19.1 Å². The molecule has 3 N–H and O–H groups in total. The van der Waals surface area contributed by atoms with Crippen molar-refractivity contribution in [1.29, 1.82) is 0 Å². The summed E-state index contributed by atoms with van der Waals surface area (Å²) in [5.74, 6) is 0.602. The third-order valence-corrected chi connectivity index (χ3v) is 5.75. The van der Waals surface area contributed by atoms with Gasteiger partial charge in [-0.2, -0.15) is 0 Å². The summed E-state index contributed by atoms with van der Waals surface area (Å²) in [5, 5.41) is 3.67. The second-order valence-electron chi connectivity index (χ2n) is 7.51. The number of nitrogens with one attached hydrogen (secondary N) is 1. The molecule has 0 aliphatic carbocycles. The van der Waals surface area contributed by atoms with E-state index in [2.05, 4.69) is 56.5 Å². The Bertz CT molecular complexity index is 835. The van der Waals surface area contributed by atoms with Gasteiger partial charge in [-0.05, 0) is 72.0 Å². The van der Waals surface area contributed by atoms with Crippen LogP contribution in [0.2, 0.25) is 0 Å². The van der Waals surface area contributed by atoms with Crippen molar-refractivity contribution in [2.24, 2.45) is 5.73 Å². The van der Waals surface area contributed by atoms with Crippen LogP contribution in [0.25, 0.3) is 0 Å². The van der Waals surface area contributed by atoms with Crippen LogP contribution < -0.4 is 20.5 Å². The largest absolute Gasteiger partial charge is 0.490 e. The Hall–Kier alpha value is -1.51. The van der Waals surface area contributed by atoms with Crippen molar-refractivity contribution in [2.45, 2.75) is 38.9 Å². The highest BCUT2D eigenvalue weighted by molar-refractivity contribution is 9.10. The number of ether oxygens (including phenoxy) is 2. The molecule has 0 unspecified atom stereocenters. The molecule has 2 aromatic rings. The van der Waals surface area contributed by atoms with Gasteiger partial charge in [0.25, 0.3) is 5.91 Å². The zero-order chi connectivity index (χ0) is 21.3. The van der Waals surface area contributed by atoms with Gasteiger partial charge < -0.3 is 20.5 Å². The molecule has 0 aromatic heterocycles. The Morgan fingerprint density at radius 2 is 1.81 bits per heavy atom. The van der Waals surface area contributed by atoms with E-state index in [9.17, 15) is 4.79 Å². The number of hydrogen-bond acceptors (Lipinski definition) is 5. The van der Waals surface area contributed by atoms with Gasteiger partial charge in [0.1, 0.15) is 0 Å². The SMILES string of the molecule is CCOc1cc(CNC2CCN(Cc3ccccc3)CC2)cc(Br)c1OCC(N)=O.Cl.Cl. The summed E-state index contributed by atoms with van der Waals surface area (Å²) < 4.78 is 12.0. The summed E-state index contributed by atoms with van der Waals surface area (Å²) in [4.78, 5) is 13.6. The maximum Gasteiger partial charge on any atom is 0.255 e. The van der Waals surface area contributed by atoms with Crippen LogP contribution in [-0.2, 0) is 17.9 Å². The third kappa shape index (κ3) is 8.79. The predicted octanol–water partition coefficient (Wildman–Crippen LogP) is 4.31. The standard InChI is InChI=1S/C23H30BrN3O3.2ClH/c1-2-29-21-13-18(12-20(24)23(21)30-16-22(25)28)14-26-19-8-10-27(11-9-19)15-17-6-4-3-5-7-17;;/h3-7,12-13,19,26H,2,8-11,14-16H2,1H3,(H2,25,28);2*1H. The van der Waals surface area contributed by atoms with Crippen molar-refractivity contribution < 1.29 is 14.3 Å². The maximum absolute atomic E-state index is 11.1. The van der Waals surface area contributed by atoms with Crippen molar-refractivity contribution in [3.05, 3.63) is 58.1 Å². The number of primary amides is 1. The number of rotatable bonds is 10. The summed E-state index contributed by atoms with van der Waals surface area (Å²) >= 11 is 3.53. The van der Waals surface area contributed by atoms with Crippen molar-refractivity contribution in [3.8, 4) is 11.5 Å². The summed E-state index contributed by atoms with van der Waals surface area (Å²) in [6.45, 7) is 6.21. The van der Waals surface area contributed by atoms with Crippen LogP contribution in [-0.4, -0.2) is 43.2 Å². The Labute approximate surface area is 211 Å². The summed E-state index contributed by atoms with van der Waals surface area (Å²) in [7, 11) is 0. The first kappa shape index (κ1) is 28.5. The van der Waals surface area contributed by atoms with E-state index in [1.807, 2.05) is 19.1 Å². The molecule has 178 valence electrons. The number of carbonyl (C=O) groups is 1. The fourth-order valence-corrected chi connectivity index (χ4v) is 4.27. The van der Waals surface area contributed by atoms with Gasteiger partial charge in [-0.3, -0.25) is 9.69 Å². The van der Waals surface area contributed by atoms with Gasteiger partial charge in [0.05, 0.1) is 11.1 Å². The van der Waals surface area contributed by atoms with E-state index in [0.717, 1.165) is 49.1 Å². The van der Waals surface area contributed by atoms with Crippen molar-refractivity contribution in [3.63, 3.8) is 0 Å². The third-order valence-electron chi connectivity index (χ3n) is 5.16. The molecule has 0 bridgehead atoms. The van der Waals surface area contributed by atoms with Crippen LogP contribution >= 0.6 is 40.7 Å². The molecule has 1 aliphatic heterocycles. The highest BCUT2D eigenvalue weighted by Gasteiger charge is 2.19. The number of amides is 1. The first-order valence-electron chi connectivity index (χ1n) is 10.4. The minimum Gasteiger partial charge on any atom is -0.490 e. The van der Waals surface area contributed by atoms with Crippen LogP contribution in [0.5, 0.6) is 11.5 Å². The predicted molar refractivity (Wildman–Crippen MR) is 136 cm³/mol. The first-order chi connectivity index (χ1) is 14.5. The second-order valence-corrected chi connectivity index (χ2v) is 8.36. The Morgan fingerprint density at radius 1 is 1.12 bits per heavy atom. The molecule has 1 heterocycles. The van der Waals surface area contributed by atoms with E-state index in [0.29, 0.717) is 24.1 Å². The fourth-order valence-electron chi connectivity index (χ4n) is 3.67. The quantitative estimate of drug-likeness (QED) is 0.462. The normalized spacial score (nSPS) is 14.2.